The van der Waals surface area contributed by atoms with Crippen molar-refractivity contribution in [3.8, 4) is 11.1 Å². The second-order valence-electron chi connectivity index (χ2n) is 7.40. The van der Waals surface area contributed by atoms with Gasteiger partial charge >= 0.3 is 5.97 Å². The van der Waals surface area contributed by atoms with E-state index < -0.39 is 28.6 Å². The highest BCUT2D eigenvalue weighted by atomic mass is 32.2. The molecule has 0 atom stereocenters. The molecule has 6 nitrogen and oxygen atoms in total. The molecule has 0 unspecified atom stereocenters. The van der Waals surface area contributed by atoms with Crippen molar-refractivity contribution in [2.75, 3.05) is 6.54 Å². The highest BCUT2D eigenvalue weighted by molar-refractivity contribution is 7.89. The molecule has 7 heteroatoms. The van der Waals surface area contributed by atoms with Crippen molar-refractivity contribution in [2.45, 2.75) is 24.8 Å². The number of carboxylic acid groups (broad SMARTS) is 1. The molecule has 0 fully saturated rings. The Morgan fingerprint density at radius 1 is 0.875 bits per heavy atom. The maximum Gasteiger partial charge on any atom is 0.321 e. The molecule has 0 radical (unpaired) electrons. The number of hydroxylamine groups is 1. The van der Waals surface area contributed by atoms with Gasteiger partial charge in [-0.05, 0) is 48.2 Å². The van der Waals surface area contributed by atoms with Crippen molar-refractivity contribution >= 4 is 28.1 Å². The van der Waals surface area contributed by atoms with Gasteiger partial charge in [-0.2, -0.15) is 0 Å². The molecule has 0 bridgehead atoms. The predicted molar refractivity (Wildman–Crippen MR) is 125 cm³/mol. The minimum Gasteiger partial charge on any atom is -0.480 e. The summed E-state index contributed by atoms with van der Waals surface area (Å²) in [6, 6.07) is 24.4. The Bertz CT molecular complexity index is 1170. The van der Waals surface area contributed by atoms with Crippen LogP contribution in [0.5, 0.6) is 0 Å². The molecular formula is C25H25NO5S. The van der Waals surface area contributed by atoms with Crippen LogP contribution in [-0.4, -0.2) is 36.6 Å². The van der Waals surface area contributed by atoms with E-state index in [0.717, 1.165) is 22.3 Å². The van der Waals surface area contributed by atoms with Gasteiger partial charge in [0.25, 0.3) is 10.0 Å². The lowest BCUT2D eigenvalue weighted by Crippen LogP contribution is -2.37. The van der Waals surface area contributed by atoms with Crippen LogP contribution in [0.3, 0.4) is 0 Å². The van der Waals surface area contributed by atoms with Crippen molar-refractivity contribution in [1.29, 1.82) is 0 Å². The van der Waals surface area contributed by atoms with Crippen LogP contribution < -0.4 is 0 Å². The van der Waals surface area contributed by atoms with E-state index >= 15 is 0 Å². The Balaban J connectivity index is 1.73. The molecule has 0 aliphatic heterocycles. The average Bonchev–Trinajstić information content (AvgIpc) is 2.78. The molecule has 0 aromatic heterocycles. The van der Waals surface area contributed by atoms with Crippen LogP contribution >= 0.6 is 0 Å². The molecule has 0 heterocycles. The van der Waals surface area contributed by atoms with Gasteiger partial charge in [0.05, 0.1) is 11.0 Å². The summed E-state index contributed by atoms with van der Waals surface area (Å²) >= 11 is 0. The van der Waals surface area contributed by atoms with Gasteiger partial charge in [-0.3, -0.25) is 9.63 Å². The van der Waals surface area contributed by atoms with Crippen molar-refractivity contribution in [1.82, 2.24) is 4.47 Å². The highest BCUT2D eigenvalue weighted by Crippen LogP contribution is 2.21. The first-order valence-corrected chi connectivity index (χ1v) is 11.5. The molecule has 3 rings (SSSR count). The van der Waals surface area contributed by atoms with E-state index in [1.807, 2.05) is 42.5 Å². The zero-order valence-corrected chi connectivity index (χ0v) is 18.7. The van der Waals surface area contributed by atoms with E-state index in [1.165, 1.54) is 12.1 Å². The smallest absolute Gasteiger partial charge is 0.321 e. The third kappa shape index (κ3) is 6.13. The number of carboxylic acids is 1. The molecule has 0 aliphatic carbocycles. The minimum atomic E-state index is -4.10. The second kappa shape index (κ2) is 10.4. The summed E-state index contributed by atoms with van der Waals surface area (Å²) in [7, 11) is -4.10. The third-order valence-corrected chi connectivity index (χ3v) is 6.14. The average molecular weight is 452 g/mol. The number of hydrogen-bond donors (Lipinski definition) is 1. The Morgan fingerprint density at radius 3 is 1.88 bits per heavy atom. The number of hydrogen-bond acceptors (Lipinski definition) is 4. The molecule has 3 aromatic carbocycles. The van der Waals surface area contributed by atoms with Crippen molar-refractivity contribution < 1.29 is 23.2 Å². The monoisotopic (exact) mass is 451 g/mol. The summed E-state index contributed by atoms with van der Waals surface area (Å²) in [4.78, 5) is 16.2. The van der Waals surface area contributed by atoms with E-state index in [1.54, 1.807) is 26.0 Å². The van der Waals surface area contributed by atoms with Gasteiger partial charge in [-0.25, -0.2) is 8.42 Å². The van der Waals surface area contributed by atoms with Crippen molar-refractivity contribution in [3.63, 3.8) is 0 Å². The normalized spacial score (nSPS) is 12.0. The van der Waals surface area contributed by atoms with Gasteiger partial charge in [0.2, 0.25) is 0 Å². The van der Waals surface area contributed by atoms with E-state index in [-0.39, 0.29) is 4.90 Å². The zero-order valence-electron chi connectivity index (χ0n) is 17.9. The van der Waals surface area contributed by atoms with Crippen LogP contribution in [0.2, 0.25) is 0 Å². The lowest BCUT2D eigenvalue weighted by Gasteiger charge is -2.21. The third-order valence-electron chi connectivity index (χ3n) is 4.52. The standard InChI is InChI=1S/C25H25NO5S/c1-19(2)31-26(18-25(27)28)32(29,30)24-16-12-21(13-17-24)9-8-20-10-14-23(15-11-20)22-6-4-3-5-7-22/h3-17,19H,18H2,1-2H3,(H,27,28)/b9-8+. The summed E-state index contributed by atoms with van der Waals surface area (Å²) in [5.74, 6) is -1.30. The van der Waals surface area contributed by atoms with Crippen LogP contribution in [0.4, 0.5) is 0 Å². The van der Waals surface area contributed by atoms with Crippen LogP contribution in [0.15, 0.2) is 83.8 Å². The van der Waals surface area contributed by atoms with Gasteiger partial charge in [-0.15, -0.1) is 0 Å². The summed E-state index contributed by atoms with van der Waals surface area (Å²) in [6.45, 7) is 2.48. The molecule has 1 N–H and O–H groups in total. The summed E-state index contributed by atoms with van der Waals surface area (Å²) < 4.78 is 26.0. The first-order valence-electron chi connectivity index (χ1n) is 10.1. The van der Waals surface area contributed by atoms with Crippen LogP contribution in [-0.2, 0) is 19.7 Å². The lowest BCUT2D eigenvalue weighted by molar-refractivity contribution is -0.156. The molecule has 166 valence electrons. The SMILES string of the molecule is CC(C)ON(CC(=O)O)S(=O)(=O)c1ccc(/C=C/c2ccc(-c3ccccc3)cc2)cc1. The van der Waals surface area contributed by atoms with Crippen molar-refractivity contribution in [3.05, 3.63) is 90.0 Å². The molecule has 0 spiro atoms. The fourth-order valence-corrected chi connectivity index (χ4v) is 4.28. The van der Waals surface area contributed by atoms with Gasteiger partial charge in [0.1, 0.15) is 6.54 Å². The van der Waals surface area contributed by atoms with Crippen LogP contribution in [0, 0.1) is 0 Å². The Hall–Kier alpha value is -3.26. The van der Waals surface area contributed by atoms with E-state index in [4.69, 9.17) is 9.94 Å². The van der Waals surface area contributed by atoms with Gasteiger partial charge in [0.15, 0.2) is 0 Å². The quantitative estimate of drug-likeness (QED) is 0.368. The highest BCUT2D eigenvalue weighted by Gasteiger charge is 2.28. The fourth-order valence-electron chi connectivity index (χ4n) is 3.00. The molecule has 0 saturated heterocycles. The Kier molecular flexibility index (Phi) is 7.58. The number of nitrogens with zero attached hydrogens (tertiary/aromatic N) is 1. The van der Waals surface area contributed by atoms with E-state index in [9.17, 15) is 13.2 Å². The fraction of sp³-hybridized carbons (Fsp3) is 0.160. The summed E-state index contributed by atoms with van der Waals surface area (Å²) in [6.07, 6.45) is 3.34. The molecule has 0 aliphatic rings. The number of benzene rings is 3. The molecule has 32 heavy (non-hydrogen) atoms. The number of carbonyl (C=O) groups is 1. The molecule has 0 amide bonds. The minimum absolute atomic E-state index is 0.0382. The molecule has 0 saturated carbocycles. The van der Waals surface area contributed by atoms with Crippen LogP contribution in [0.1, 0.15) is 25.0 Å². The zero-order chi connectivity index (χ0) is 23.1. The predicted octanol–water partition coefficient (Wildman–Crippen LogP) is 4.94. The summed E-state index contributed by atoms with van der Waals surface area (Å²) in [5, 5.41) is 9.02. The maximum absolute atomic E-state index is 12.8. The Morgan fingerprint density at radius 2 is 1.38 bits per heavy atom. The second-order valence-corrected chi connectivity index (χ2v) is 9.23. The van der Waals surface area contributed by atoms with Gasteiger partial charge in [0, 0.05) is 0 Å². The van der Waals surface area contributed by atoms with Crippen molar-refractivity contribution in [2.24, 2.45) is 0 Å². The topological polar surface area (TPSA) is 83.9 Å². The maximum atomic E-state index is 12.8. The number of sulfonamides is 1. The summed E-state index contributed by atoms with van der Waals surface area (Å²) in [5.41, 5.74) is 4.11. The van der Waals surface area contributed by atoms with Crippen LogP contribution in [0.25, 0.3) is 23.3 Å². The number of aliphatic carboxylic acids is 1. The number of rotatable bonds is 9. The molecule has 3 aromatic rings. The molecular weight excluding hydrogens is 426 g/mol. The van der Waals surface area contributed by atoms with Gasteiger partial charge in [-0.1, -0.05) is 83.4 Å². The largest absolute Gasteiger partial charge is 0.480 e. The van der Waals surface area contributed by atoms with E-state index in [2.05, 4.69) is 24.3 Å². The van der Waals surface area contributed by atoms with E-state index in [0.29, 0.717) is 4.47 Å². The first kappa shape index (κ1) is 23.4. The lowest BCUT2D eigenvalue weighted by atomic mass is 10.0. The Labute approximate surface area is 188 Å². The first-order chi connectivity index (χ1) is 15.3. The van der Waals surface area contributed by atoms with Gasteiger partial charge < -0.3 is 5.11 Å².